The molecule has 2 atom stereocenters. The van der Waals surface area contributed by atoms with Crippen molar-refractivity contribution in [3.63, 3.8) is 0 Å². The minimum absolute atomic E-state index is 0.621. The minimum Gasteiger partial charge on any atom is -0.381 e. The molecule has 2 aliphatic heterocycles. The van der Waals surface area contributed by atoms with Crippen molar-refractivity contribution in [1.82, 2.24) is 15.1 Å². The van der Waals surface area contributed by atoms with Gasteiger partial charge in [0.25, 0.3) is 0 Å². The van der Waals surface area contributed by atoms with Crippen molar-refractivity contribution < 1.29 is 4.74 Å². The lowest BCUT2D eigenvalue weighted by atomic mass is 9.98. The number of ether oxygens (including phenoxy) is 1. The van der Waals surface area contributed by atoms with Crippen LogP contribution >= 0.6 is 0 Å². The highest BCUT2D eigenvalue weighted by Gasteiger charge is 2.30. The molecule has 0 radical (unpaired) electrons. The van der Waals surface area contributed by atoms with E-state index in [-0.39, 0.29) is 0 Å². The molecule has 0 aromatic rings. The first-order chi connectivity index (χ1) is 10.4. The summed E-state index contributed by atoms with van der Waals surface area (Å²) in [6, 6.07) is 1.52. The molecule has 0 bridgehead atoms. The van der Waals surface area contributed by atoms with Crippen LogP contribution in [0.4, 0.5) is 0 Å². The molecule has 2 unspecified atom stereocenters. The molecule has 3 fully saturated rings. The largest absolute Gasteiger partial charge is 0.381 e. The van der Waals surface area contributed by atoms with Crippen molar-refractivity contribution in [1.29, 1.82) is 0 Å². The maximum Gasteiger partial charge on any atom is 0.0510 e. The van der Waals surface area contributed by atoms with Crippen molar-refractivity contribution in [2.45, 2.75) is 51.1 Å². The lowest BCUT2D eigenvalue weighted by Crippen LogP contribution is -2.54. The molecule has 1 saturated carbocycles. The molecule has 3 rings (SSSR count). The molecule has 122 valence electrons. The van der Waals surface area contributed by atoms with Crippen LogP contribution in [0.15, 0.2) is 0 Å². The van der Waals surface area contributed by atoms with Gasteiger partial charge in [-0.25, -0.2) is 0 Å². The van der Waals surface area contributed by atoms with Gasteiger partial charge < -0.3 is 10.1 Å². The number of nitrogens with one attached hydrogen (secondary N) is 1. The third-order valence-corrected chi connectivity index (χ3v) is 5.70. The lowest BCUT2D eigenvalue weighted by molar-refractivity contribution is 0.0836. The number of likely N-dealkylation sites (N-methyl/N-ethyl adjacent to an activating group) is 1. The van der Waals surface area contributed by atoms with Crippen LogP contribution in [0.2, 0.25) is 0 Å². The Hall–Kier alpha value is -0.160. The second-order valence-electron chi connectivity index (χ2n) is 7.06. The lowest BCUT2D eigenvalue weighted by Gasteiger charge is -2.40. The van der Waals surface area contributed by atoms with Crippen LogP contribution in [0.25, 0.3) is 0 Å². The zero-order chi connectivity index (χ0) is 14.5. The van der Waals surface area contributed by atoms with Gasteiger partial charge in [0.1, 0.15) is 0 Å². The van der Waals surface area contributed by atoms with Crippen molar-refractivity contribution in [2.24, 2.45) is 5.92 Å². The van der Waals surface area contributed by atoms with Crippen LogP contribution in [0, 0.1) is 5.92 Å². The molecule has 0 aromatic carbocycles. The Bertz CT molecular complexity index is 292. The van der Waals surface area contributed by atoms with Gasteiger partial charge in [0.2, 0.25) is 0 Å². The zero-order valence-electron chi connectivity index (χ0n) is 13.7. The predicted molar refractivity (Wildman–Crippen MR) is 86.7 cm³/mol. The third kappa shape index (κ3) is 4.19. The topological polar surface area (TPSA) is 27.7 Å². The van der Waals surface area contributed by atoms with Gasteiger partial charge in [0.05, 0.1) is 6.61 Å². The van der Waals surface area contributed by atoms with E-state index in [1.165, 1.54) is 64.8 Å². The molecule has 0 amide bonds. The van der Waals surface area contributed by atoms with Crippen molar-refractivity contribution in [2.75, 3.05) is 52.5 Å². The first-order valence-corrected chi connectivity index (χ1v) is 9.14. The van der Waals surface area contributed by atoms with Gasteiger partial charge in [-0.15, -0.1) is 0 Å². The number of piperazine rings is 1. The van der Waals surface area contributed by atoms with Gasteiger partial charge in [-0.3, -0.25) is 9.80 Å². The van der Waals surface area contributed by atoms with Crippen molar-refractivity contribution in [3.05, 3.63) is 0 Å². The molecular formula is C17H33N3O. The maximum atomic E-state index is 5.59. The smallest absolute Gasteiger partial charge is 0.0510 e. The number of rotatable bonds is 6. The van der Waals surface area contributed by atoms with Crippen LogP contribution in [-0.4, -0.2) is 74.4 Å². The van der Waals surface area contributed by atoms with E-state index in [1.54, 1.807) is 0 Å². The number of hydrogen-bond acceptors (Lipinski definition) is 4. The highest BCUT2D eigenvalue weighted by molar-refractivity contribution is 4.86. The molecule has 4 heteroatoms. The van der Waals surface area contributed by atoms with Crippen LogP contribution in [-0.2, 0) is 4.74 Å². The number of hydrogen-bond donors (Lipinski definition) is 1. The van der Waals surface area contributed by atoms with Crippen LogP contribution in [0.5, 0.6) is 0 Å². The highest BCUT2D eigenvalue weighted by Crippen LogP contribution is 2.24. The first kappa shape index (κ1) is 15.7. The summed E-state index contributed by atoms with van der Waals surface area (Å²) < 4.78 is 5.59. The second-order valence-corrected chi connectivity index (χ2v) is 7.06. The Kier molecular flexibility index (Phi) is 5.92. The van der Waals surface area contributed by atoms with E-state index >= 15 is 0 Å². The molecule has 3 aliphatic rings. The van der Waals surface area contributed by atoms with Gasteiger partial charge in [-0.1, -0.05) is 19.8 Å². The fourth-order valence-electron chi connectivity index (χ4n) is 4.37. The summed E-state index contributed by atoms with van der Waals surface area (Å²) in [7, 11) is 0. The van der Waals surface area contributed by atoms with Crippen molar-refractivity contribution in [3.8, 4) is 0 Å². The quantitative estimate of drug-likeness (QED) is 0.805. The molecule has 4 nitrogen and oxygen atoms in total. The molecule has 21 heavy (non-hydrogen) atoms. The minimum atomic E-state index is 0.621. The summed E-state index contributed by atoms with van der Waals surface area (Å²) in [5, 5.41) is 3.70. The average molecular weight is 295 g/mol. The maximum absolute atomic E-state index is 5.59. The average Bonchev–Trinajstić information content (AvgIpc) is 3.21. The van der Waals surface area contributed by atoms with E-state index in [0.717, 1.165) is 31.7 Å². The highest BCUT2D eigenvalue weighted by atomic mass is 16.5. The molecule has 1 N–H and O–H groups in total. The van der Waals surface area contributed by atoms with E-state index in [2.05, 4.69) is 22.0 Å². The fourth-order valence-corrected chi connectivity index (χ4v) is 4.37. The first-order valence-electron chi connectivity index (χ1n) is 9.14. The Morgan fingerprint density at radius 2 is 1.86 bits per heavy atom. The van der Waals surface area contributed by atoms with E-state index in [9.17, 15) is 0 Å². The van der Waals surface area contributed by atoms with Gasteiger partial charge in [0.15, 0.2) is 0 Å². The van der Waals surface area contributed by atoms with Crippen molar-refractivity contribution >= 4 is 0 Å². The van der Waals surface area contributed by atoms with Crippen LogP contribution < -0.4 is 5.32 Å². The van der Waals surface area contributed by atoms with E-state index in [0.29, 0.717) is 6.04 Å². The SMILES string of the molecule is CCNC(CN1CCN(C2CCCC2)CC1)C1CCOC1. The summed E-state index contributed by atoms with van der Waals surface area (Å²) in [6.45, 7) is 11.5. The Balaban J connectivity index is 1.44. The standard InChI is InChI=1S/C17H33N3O/c1-2-18-17(15-7-12-21-14-15)13-19-8-10-20(11-9-19)16-5-3-4-6-16/h15-18H,2-14H2,1H3. The van der Waals surface area contributed by atoms with Gasteiger partial charge in [-0.05, 0) is 25.8 Å². The zero-order valence-corrected chi connectivity index (χ0v) is 13.7. The summed E-state index contributed by atoms with van der Waals surface area (Å²) in [5.41, 5.74) is 0. The van der Waals surface area contributed by atoms with Gasteiger partial charge >= 0.3 is 0 Å². The van der Waals surface area contributed by atoms with Gasteiger partial charge in [-0.2, -0.15) is 0 Å². The normalized spacial score (nSPS) is 31.0. The third-order valence-electron chi connectivity index (χ3n) is 5.70. The summed E-state index contributed by atoms with van der Waals surface area (Å²) in [4.78, 5) is 5.43. The summed E-state index contributed by atoms with van der Waals surface area (Å²) in [5.74, 6) is 0.720. The molecule has 0 aromatic heterocycles. The Labute approximate surface area is 130 Å². The second kappa shape index (κ2) is 7.91. The number of nitrogens with zero attached hydrogens (tertiary/aromatic N) is 2. The molecule has 0 spiro atoms. The van der Waals surface area contributed by atoms with E-state index in [1.807, 2.05) is 0 Å². The monoisotopic (exact) mass is 295 g/mol. The Morgan fingerprint density at radius 3 is 2.48 bits per heavy atom. The fraction of sp³-hybridized carbons (Fsp3) is 1.00. The molecule has 2 saturated heterocycles. The Morgan fingerprint density at radius 1 is 1.10 bits per heavy atom. The van der Waals surface area contributed by atoms with E-state index in [4.69, 9.17) is 4.74 Å². The summed E-state index contributed by atoms with van der Waals surface area (Å²) in [6.07, 6.45) is 7.03. The van der Waals surface area contributed by atoms with Crippen LogP contribution in [0.1, 0.15) is 39.0 Å². The summed E-state index contributed by atoms with van der Waals surface area (Å²) >= 11 is 0. The molecular weight excluding hydrogens is 262 g/mol. The molecule has 1 aliphatic carbocycles. The van der Waals surface area contributed by atoms with Crippen LogP contribution in [0.3, 0.4) is 0 Å². The van der Waals surface area contributed by atoms with Gasteiger partial charge in [0, 0.05) is 57.3 Å². The molecule has 2 heterocycles. The van der Waals surface area contributed by atoms with E-state index < -0.39 is 0 Å². The predicted octanol–water partition coefficient (Wildman–Crippen LogP) is 1.56.